The molecule has 0 saturated heterocycles. The number of hydrogen-bond donors (Lipinski definition) is 2. The molecule has 0 radical (unpaired) electrons. The molecule has 0 fully saturated rings. The Morgan fingerprint density at radius 2 is 1.67 bits per heavy atom. The predicted molar refractivity (Wildman–Crippen MR) is 76.5 cm³/mol. The third kappa shape index (κ3) is 3.68. The third-order valence-corrected chi connectivity index (χ3v) is 3.65. The van der Waals surface area contributed by atoms with Crippen LogP contribution in [0.2, 0.25) is 10.0 Å². The summed E-state index contributed by atoms with van der Waals surface area (Å²) < 4.78 is 39.6. The first kappa shape index (κ1) is 16.1. The number of hydrogen-bond acceptors (Lipinski definition) is 2. The molecule has 21 heavy (non-hydrogen) atoms. The van der Waals surface area contributed by atoms with Gasteiger partial charge < -0.3 is 0 Å². The van der Waals surface area contributed by atoms with Crippen molar-refractivity contribution in [2.24, 2.45) is 5.84 Å². The Bertz CT molecular complexity index is 642. The maximum Gasteiger partial charge on any atom is 0.194 e. The first-order valence-electron chi connectivity index (χ1n) is 5.97. The Labute approximate surface area is 129 Å². The Kier molecular flexibility index (Phi) is 5.11. The molecule has 3 N–H and O–H groups in total. The van der Waals surface area contributed by atoms with Crippen LogP contribution in [0, 0.1) is 17.5 Å². The van der Waals surface area contributed by atoms with Gasteiger partial charge in [-0.15, -0.1) is 0 Å². The summed E-state index contributed by atoms with van der Waals surface area (Å²) in [6.45, 7) is 0. The van der Waals surface area contributed by atoms with Crippen LogP contribution in [0.15, 0.2) is 30.3 Å². The quantitative estimate of drug-likeness (QED) is 0.500. The Morgan fingerprint density at radius 1 is 1.05 bits per heavy atom. The molecule has 0 heterocycles. The van der Waals surface area contributed by atoms with Crippen LogP contribution in [0.3, 0.4) is 0 Å². The highest BCUT2D eigenvalue weighted by atomic mass is 35.5. The van der Waals surface area contributed by atoms with Crippen molar-refractivity contribution < 1.29 is 13.2 Å². The lowest BCUT2D eigenvalue weighted by Gasteiger charge is -2.18. The van der Waals surface area contributed by atoms with Crippen LogP contribution < -0.4 is 11.3 Å². The molecular formula is C14H11Cl2F3N2. The number of rotatable bonds is 4. The molecule has 0 amide bonds. The average molecular weight is 335 g/mol. The molecule has 0 spiro atoms. The SMILES string of the molecule is NNC(Cc1cc(Cl)ccc1Cl)c1cc(F)c(F)c(F)c1. The molecule has 1 atom stereocenters. The van der Waals surface area contributed by atoms with E-state index >= 15 is 0 Å². The second-order valence-electron chi connectivity index (χ2n) is 4.46. The Hall–Kier alpha value is -1.27. The number of nitrogens with one attached hydrogen (secondary N) is 1. The van der Waals surface area contributed by atoms with Gasteiger partial charge in [0.25, 0.3) is 0 Å². The Morgan fingerprint density at radius 3 is 2.24 bits per heavy atom. The average Bonchev–Trinajstić information content (AvgIpc) is 2.45. The van der Waals surface area contributed by atoms with Crippen molar-refractivity contribution in [1.82, 2.24) is 5.43 Å². The summed E-state index contributed by atoms with van der Waals surface area (Å²) in [6.07, 6.45) is 0.237. The van der Waals surface area contributed by atoms with E-state index in [4.69, 9.17) is 29.0 Å². The minimum atomic E-state index is -1.52. The maximum absolute atomic E-state index is 13.3. The van der Waals surface area contributed by atoms with Crippen LogP contribution in [0.4, 0.5) is 13.2 Å². The van der Waals surface area contributed by atoms with Gasteiger partial charge in [0.2, 0.25) is 0 Å². The summed E-state index contributed by atoms with van der Waals surface area (Å²) in [5.41, 5.74) is 3.25. The second kappa shape index (κ2) is 6.66. The van der Waals surface area contributed by atoms with Crippen LogP contribution in [0.1, 0.15) is 17.2 Å². The summed E-state index contributed by atoms with van der Waals surface area (Å²) in [7, 11) is 0. The number of halogens is 5. The van der Waals surface area contributed by atoms with Crippen molar-refractivity contribution >= 4 is 23.2 Å². The topological polar surface area (TPSA) is 38.0 Å². The van der Waals surface area contributed by atoms with Gasteiger partial charge in [0.15, 0.2) is 17.5 Å². The summed E-state index contributed by atoms with van der Waals surface area (Å²) in [5, 5.41) is 0.921. The van der Waals surface area contributed by atoms with Gasteiger partial charge in [-0.2, -0.15) is 0 Å². The highest BCUT2D eigenvalue weighted by Crippen LogP contribution is 2.27. The van der Waals surface area contributed by atoms with Gasteiger partial charge in [0.1, 0.15) is 0 Å². The van der Waals surface area contributed by atoms with E-state index < -0.39 is 23.5 Å². The summed E-state index contributed by atoms with van der Waals surface area (Å²) in [5.74, 6) is 1.34. The molecule has 7 heteroatoms. The summed E-state index contributed by atoms with van der Waals surface area (Å²) >= 11 is 11.9. The molecule has 1 unspecified atom stereocenters. The van der Waals surface area contributed by atoms with Gasteiger partial charge in [-0.1, -0.05) is 23.2 Å². The van der Waals surface area contributed by atoms with E-state index in [0.717, 1.165) is 12.1 Å². The van der Waals surface area contributed by atoms with Crippen LogP contribution in [-0.2, 0) is 6.42 Å². The number of nitrogens with two attached hydrogens (primary N) is 1. The molecule has 0 aromatic heterocycles. The lowest BCUT2D eigenvalue weighted by atomic mass is 9.99. The van der Waals surface area contributed by atoms with Gasteiger partial charge in [0.05, 0.1) is 6.04 Å². The largest absolute Gasteiger partial charge is 0.271 e. The number of benzene rings is 2. The van der Waals surface area contributed by atoms with Crippen molar-refractivity contribution in [2.75, 3.05) is 0 Å². The lowest BCUT2D eigenvalue weighted by molar-refractivity contribution is 0.439. The van der Waals surface area contributed by atoms with E-state index in [2.05, 4.69) is 5.43 Å². The van der Waals surface area contributed by atoms with E-state index in [1.54, 1.807) is 18.2 Å². The zero-order valence-corrected chi connectivity index (χ0v) is 12.2. The minimum absolute atomic E-state index is 0.171. The maximum atomic E-state index is 13.3. The van der Waals surface area contributed by atoms with Crippen molar-refractivity contribution in [2.45, 2.75) is 12.5 Å². The lowest BCUT2D eigenvalue weighted by Crippen LogP contribution is -2.30. The first-order chi connectivity index (χ1) is 9.92. The van der Waals surface area contributed by atoms with E-state index in [-0.39, 0.29) is 12.0 Å². The molecular weight excluding hydrogens is 324 g/mol. The van der Waals surface area contributed by atoms with E-state index in [1.807, 2.05) is 0 Å². The zero-order chi connectivity index (χ0) is 15.6. The highest BCUT2D eigenvalue weighted by molar-refractivity contribution is 6.33. The minimum Gasteiger partial charge on any atom is -0.271 e. The smallest absolute Gasteiger partial charge is 0.194 e. The van der Waals surface area contributed by atoms with Gasteiger partial charge in [-0.05, 0) is 47.9 Å². The second-order valence-corrected chi connectivity index (χ2v) is 5.30. The van der Waals surface area contributed by atoms with Crippen molar-refractivity contribution in [3.63, 3.8) is 0 Å². The molecule has 2 nitrogen and oxygen atoms in total. The van der Waals surface area contributed by atoms with E-state index in [0.29, 0.717) is 15.6 Å². The fourth-order valence-electron chi connectivity index (χ4n) is 1.97. The standard InChI is InChI=1S/C14H11Cl2F3N2/c15-9-1-2-10(16)7(3-9)6-13(21-20)8-4-11(17)14(19)12(18)5-8/h1-5,13,21H,6,20H2. The van der Waals surface area contributed by atoms with Crippen LogP contribution in [-0.4, -0.2) is 0 Å². The third-order valence-electron chi connectivity index (χ3n) is 3.04. The van der Waals surface area contributed by atoms with Crippen molar-refractivity contribution in [3.8, 4) is 0 Å². The van der Waals surface area contributed by atoms with Gasteiger partial charge >= 0.3 is 0 Å². The molecule has 2 aromatic rings. The number of hydrazine groups is 1. The van der Waals surface area contributed by atoms with Gasteiger partial charge in [0, 0.05) is 10.0 Å². The first-order valence-corrected chi connectivity index (χ1v) is 6.72. The van der Waals surface area contributed by atoms with Gasteiger partial charge in [-0.3, -0.25) is 11.3 Å². The van der Waals surface area contributed by atoms with E-state index in [9.17, 15) is 13.2 Å². The van der Waals surface area contributed by atoms with Crippen LogP contribution in [0.25, 0.3) is 0 Å². The van der Waals surface area contributed by atoms with Gasteiger partial charge in [-0.25, -0.2) is 13.2 Å². The van der Waals surface area contributed by atoms with E-state index in [1.165, 1.54) is 0 Å². The van der Waals surface area contributed by atoms with Crippen LogP contribution in [0.5, 0.6) is 0 Å². The molecule has 0 saturated carbocycles. The monoisotopic (exact) mass is 334 g/mol. The van der Waals surface area contributed by atoms with Crippen molar-refractivity contribution in [1.29, 1.82) is 0 Å². The zero-order valence-electron chi connectivity index (χ0n) is 10.6. The Balaban J connectivity index is 2.34. The predicted octanol–water partition coefficient (Wildman–Crippen LogP) is 4.16. The normalized spacial score (nSPS) is 12.5. The molecule has 0 bridgehead atoms. The van der Waals surface area contributed by atoms with Crippen LogP contribution >= 0.6 is 23.2 Å². The fourth-order valence-corrected chi connectivity index (χ4v) is 2.36. The molecule has 0 aliphatic heterocycles. The molecule has 112 valence electrons. The molecule has 2 rings (SSSR count). The van der Waals surface area contributed by atoms with Crippen molar-refractivity contribution in [3.05, 3.63) is 69.0 Å². The molecule has 0 aliphatic carbocycles. The highest BCUT2D eigenvalue weighted by Gasteiger charge is 2.18. The molecule has 2 aromatic carbocycles. The fraction of sp³-hybridized carbons (Fsp3) is 0.143. The summed E-state index contributed by atoms with van der Waals surface area (Å²) in [6, 6.07) is 5.99. The molecule has 0 aliphatic rings. The summed E-state index contributed by atoms with van der Waals surface area (Å²) in [4.78, 5) is 0.